The van der Waals surface area contributed by atoms with Crippen LogP contribution in [0.3, 0.4) is 0 Å². The zero-order valence-electron chi connectivity index (χ0n) is 27.3. The van der Waals surface area contributed by atoms with Crippen molar-refractivity contribution in [3.8, 4) is 17.7 Å². The summed E-state index contributed by atoms with van der Waals surface area (Å²) in [5.74, 6) is -0.451. The van der Waals surface area contributed by atoms with E-state index < -0.39 is 27.5 Å². The van der Waals surface area contributed by atoms with E-state index in [9.17, 15) is 23.3 Å². The van der Waals surface area contributed by atoms with E-state index >= 15 is 0 Å². The highest BCUT2D eigenvalue weighted by molar-refractivity contribution is 7.93. The number of sulfonamides is 1. The first-order valence-corrected chi connectivity index (χ1v) is 17.4. The Hall–Kier alpha value is -4.71. The van der Waals surface area contributed by atoms with Crippen LogP contribution >= 0.6 is 0 Å². The van der Waals surface area contributed by atoms with Crippen LogP contribution < -0.4 is 19.1 Å². The van der Waals surface area contributed by atoms with Gasteiger partial charge < -0.3 is 24.6 Å². The molecule has 1 unspecified atom stereocenters. The van der Waals surface area contributed by atoms with Crippen LogP contribution in [0.25, 0.3) is 0 Å². The molecule has 48 heavy (non-hydrogen) atoms. The maximum Gasteiger partial charge on any atom is 0.318 e. The lowest BCUT2D eigenvalue weighted by atomic mass is 9.83. The van der Waals surface area contributed by atoms with Gasteiger partial charge in [-0.05, 0) is 81.4 Å². The number of urea groups is 1. The number of anilines is 1. The number of likely N-dealkylation sites (N-methyl/N-ethyl adjacent to an activating group) is 1. The molecule has 0 bridgehead atoms. The molecule has 1 aromatic heterocycles. The second-order valence-electron chi connectivity index (χ2n) is 12.1. The van der Waals surface area contributed by atoms with Crippen LogP contribution in [0, 0.1) is 11.3 Å². The summed E-state index contributed by atoms with van der Waals surface area (Å²) in [6.45, 7) is 6.81. The number of carbonyl (C=O) groups is 2. The number of methoxy groups -OCH3 is 1. The van der Waals surface area contributed by atoms with Gasteiger partial charge in [0.15, 0.2) is 5.54 Å². The van der Waals surface area contributed by atoms with Crippen molar-refractivity contribution in [2.45, 2.75) is 36.2 Å². The number of ether oxygens (including phenoxy) is 2. The van der Waals surface area contributed by atoms with Crippen molar-refractivity contribution < 1.29 is 27.5 Å². The van der Waals surface area contributed by atoms with Crippen molar-refractivity contribution in [1.82, 2.24) is 25.0 Å². The number of likely N-dealkylation sites (tertiary alicyclic amines) is 1. The fourth-order valence-electron chi connectivity index (χ4n) is 6.79. The molecule has 4 heterocycles. The van der Waals surface area contributed by atoms with E-state index in [0.29, 0.717) is 29.2 Å². The lowest BCUT2D eigenvalue weighted by Crippen LogP contribution is -2.59. The number of piperazine rings is 1. The summed E-state index contributed by atoms with van der Waals surface area (Å²) in [6.07, 6.45) is 3.02. The highest BCUT2D eigenvalue weighted by Crippen LogP contribution is 2.49. The molecule has 252 valence electrons. The summed E-state index contributed by atoms with van der Waals surface area (Å²) in [5.41, 5.74) is -1.63. The fraction of sp³-hybridized carbons (Fsp3) is 0.412. The molecule has 3 aromatic rings. The number of hydrogen-bond acceptors (Lipinski definition) is 10. The van der Waals surface area contributed by atoms with Gasteiger partial charge in [-0.1, -0.05) is 0 Å². The number of amides is 3. The smallest absolute Gasteiger partial charge is 0.318 e. The average Bonchev–Trinajstić information content (AvgIpc) is 3.36. The molecular formula is C34H39N7O6S. The third-order valence-electron chi connectivity index (χ3n) is 9.41. The van der Waals surface area contributed by atoms with Crippen molar-refractivity contribution in [3.05, 3.63) is 77.5 Å². The number of nitrogens with one attached hydrogen (secondary N) is 1. The molecule has 1 atom stereocenters. The van der Waals surface area contributed by atoms with Crippen LogP contribution in [0.5, 0.6) is 11.6 Å². The quantitative estimate of drug-likeness (QED) is 0.379. The maximum atomic E-state index is 15.0. The molecule has 0 spiro atoms. The maximum absolute atomic E-state index is 15.0. The predicted molar refractivity (Wildman–Crippen MR) is 177 cm³/mol. The first-order valence-electron chi connectivity index (χ1n) is 16.0. The second-order valence-corrected chi connectivity index (χ2v) is 13.9. The SMILES string of the molecule is CCOc1ncccc1C1(NC(=O)N2CCC(N3CCN(C)CC3)CC2)C(=O)N(S(=O)(=O)c2ccc(OC)cc2)c2ccc(C#N)cc21. The van der Waals surface area contributed by atoms with Gasteiger partial charge in [-0.15, -0.1) is 0 Å². The Bertz CT molecular complexity index is 1830. The second kappa shape index (κ2) is 13.4. The summed E-state index contributed by atoms with van der Waals surface area (Å²) in [6, 6.07) is 15.0. The van der Waals surface area contributed by atoms with Gasteiger partial charge in [-0.2, -0.15) is 9.57 Å². The van der Waals surface area contributed by atoms with Crippen molar-refractivity contribution >= 4 is 27.6 Å². The topological polar surface area (TPSA) is 148 Å². The van der Waals surface area contributed by atoms with E-state index in [1.54, 1.807) is 24.0 Å². The van der Waals surface area contributed by atoms with Crippen LogP contribution in [0.2, 0.25) is 0 Å². The van der Waals surface area contributed by atoms with Gasteiger partial charge in [0.2, 0.25) is 5.88 Å². The molecule has 0 aliphatic carbocycles. The number of fused-ring (bicyclic) bond motifs is 1. The Morgan fingerprint density at radius 3 is 2.40 bits per heavy atom. The highest BCUT2D eigenvalue weighted by atomic mass is 32.2. The molecule has 2 saturated heterocycles. The zero-order chi connectivity index (χ0) is 34.1. The first-order chi connectivity index (χ1) is 23.1. The normalized spacial score (nSPS) is 20.7. The first kappa shape index (κ1) is 33.2. The highest BCUT2D eigenvalue weighted by Gasteiger charge is 2.59. The molecule has 13 nitrogen and oxygen atoms in total. The van der Waals surface area contributed by atoms with Gasteiger partial charge in [-0.25, -0.2) is 18.2 Å². The minimum atomic E-state index is -4.52. The van der Waals surface area contributed by atoms with Crippen molar-refractivity contribution in [3.63, 3.8) is 0 Å². The van der Waals surface area contributed by atoms with E-state index in [4.69, 9.17) is 9.47 Å². The predicted octanol–water partition coefficient (Wildman–Crippen LogP) is 2.76. The Balaban J connectivity index is 1.43. The van der Waals surface area contributed by atoms with E-state index in [-0.39, 0.29) is 39.8 Å². The minimum absolute atomic E-state index is 0.00944. The summed E-state index contributed by atoms with van der Waals surface area (Å²) in [4.78, 5) is 39.9. The van der Waals surface area contributed by atoms with Gasteiger partial charge in [0.1, 0.15) is 5.75 Å². The molecule has 3 aliphatic heterocycles. The lowest BCUT2D eigenvalue weighted by molar-refractivity contribution is -0.121. The number of hydrogen-bond donors (Lipinski definition) is 1. The number of pyridine rings is 1. The van der Waals surface area contributed by atoms with Crippen LogP contribution in [0.1, 0.15) is 36.5 Å². The third kappa shape index (κ3) is 5.82. The van der Waals surface area contributed by atoms with Crippen molar-refractivity contribution in [2.24, 2.45) is 0 Å². The number of nitrogens with zero attached hydrogens (tertiary/aromatic N) is 6. The molecule has 3 amide bonds. The molecule has 0 radical (unpaired) electrons. The molecule has 6 rings (SSSR count). The minimum Gasteiger partial charge on any atom is -0.497 e. The zero-order valence-corrected chi connectivity index (χ0v) is 28.1. The van der Waals surface area contributed by atoms with Crippen LogP contribution in [0.4, 0.5) is 10.5 Å². The number of nitriles is 1. The van der Waals surface area contributed by atoms with Gasteiger partial charge >= 0.3 is 6.03 Å². The molecule has 0 saturated carbocycles. The molecule has 3 aliphatic rings. The van der Waals surface area contributed by atoms with E-state index in [0.717, 1.165) is 39.0 Å². The van der Waals surface area contributed by atoms with Crippen LogP contribution in [-0.4, -0.2) is 106 Å². The lowest BCUT2D eigenvalue weighted by Gasteiger charge is -2.42. The number of aromatic nitrogens is 1. The Kier molecular flexibility index (Phi) is 9.28. The van der Waals surface area contributed by atoms with Crippen molar-refractivity contribution in [1.29, 1.82) is 5.26 Å². The number of piperidine rings is 1. The Morgan fingerprint density at radius 2 is 1.75 bits per heavy atom. The van der Waals surface area contributed by atoms with E-state index in [1.165, 1.54) is 55.8 Å². The molecule has 14 heteroatoms. The van der Waals surface area contributed by atoms with Gasteiger partial charge in [0.05, 0.1) is 41.5 Å². The summed E-state index contributed by atoms with van der Waals surface area (Å²) in [7, 11) is -0.944. The Labute approximate surface area is 280 Å². The van der Waals surface area contributed by atoms with Gasteiger partial charge in [0, 0.05) is 57.1 Å². The average molecular weight is 674 g/mol. The summed E-state index contributed by atoms with van der Waals surface area (Å²) >= 11 is 0. The molecule has 2 aromatic carbocycles. The summed E-state index contributed by atoms with van der Waals surface area (Å²) < 4.78 is 40.4. The van der Waals surface area contributed by atoms with Crippen LogP contribution in [-0.2, 0) is 20.4 Å². The number of benzene rings is 2. The third-order valence-corrected chi connectivity index (χ3v) is 11.1. The Morgan fingerprint density at radius 1 is 1.04 bits per heavy atom. The number of carbonyl (C=O) groups excluding carboxylic acids is 2. The van der Waals surface area contributed by atoms with E-state index in [1.807, 2.05) is 0 Å². The molecule has 2 fully saturated rings. The largest absolute Gasteiger partial charge is 0.497 e. The number of rotatable bonds is 8. The van der Waals surface area contributed by atoms with Crippen LogP contribution in [0.15, 0.2) is 65.7 Å². The summed E-state index contributed by atoms with van der Waals surface area (Å²) in [5, 5.41) is 12.9. The fourth-order valence-corrected chi connectivity index (χ4v) is 8.25. The monoisotopic (exact) mass is 673 g/mol. The van der Waals surface area contributed by atoms with Gasteiger partial charge in [-0.3, -0.25) is 9.69 Å². The molecular weight excluding hydrogens is 634 g/mol. The van der Waals surface area contributed by atoms with E-state index in [2.05, 4.69) is 33.2 Å². The standard InChI is InChI=1S/C34H39N7O6S/c1-4-47-31-28(6-5-15-36-31)34(37-33(43)40-16-13-25(14-17-40)39-20-18-38(2)19-21-39)29-22-24(23-35)7-12-30(29)41(32(34)42)48(44,45)27-10-8-26(46-3)9-11-27/h5-12,15,22,25H,4,13-14,16-21H2,1-3H3,(H,37,43). The van der Waals surface area contributed by atoms with Crippen molar-refractivity contribution in [2.75, 3.05) is 64.3 Å². The van der Waals surface area contributed by atoms with Gasteiger partial charge in [0.25, 0.3) is 15.9 Å². The molecule has 1 N–H and O–H groups in total.